The van der Waals surface area contributed by atoms with E-state index in [0.717, 1.165) is 23.5 Å². The van der Waals surface area contributed by atoms with Gasteiger partial charge in [-0.2, -0.15) is 4.31 Å². The fourth-order valence-electron chi connectivity index (χ4n) is 3.28. The van der Waals surface area contributed by atoms with Gasteiger partial charge in [-0.25, -0.2) is 13.4 Å². The summed E-state index contributed by atoms with van der Waals surface area (Å²) in [7, 11) is -3.38. The van der Waals surface area contributed by atoms with Crippen LogP contribution >= 0.6 is 11.3 Å². The van der Waals surface area contributed by atoms with Crippen molar-refractivity contribution in [3.63, 3.8) is 0 Å². The van der Waals surface area contributed by atoms with Crippen LogP contribution in [0.3, 0.4) is 0 Å². The van der Waals surface area contributed by atoms with Crippen LogP contribution in [0, 0.1) is 0 Å². The number of piperidine rings is 1. The van der Waals surface area contributed by atoms with E-state index in [4.69, 9.17) is 4.74 Å². The molecule has 0 N–H and O–H groups in total. The normalized spacial score (nSPS) is 22.9. The summed E-state index contributed by atoms with van der Waals surface area (Å²) in [5.41, 5.74) is 0.782. The molecule has 0 aliphatic carbocycles. The Hall–Kier alpha value is -1.03. The smallest absolute Gasteiger partial charge is 0.228 e. The molecule has 7 nitrogen and oxygen atoms in total. The van der Waals surface area contributed by atoms with Gasteiger partial charge in [0.2, 0.25) is 15.9 Å². The highest BCUT2D eigenvalue weighted by Gasteiger charge is 2.37. The Bertz CT molecular complexity index is 698. The molecule has 1 atom stereocenters. The van der Waals surface area contributed by atoms with Crippen LogP contribution < -0.4 is 0 Å². The summed E-state index contributed by atoms with van der Waals surface area (Å²) in [6, 6.07) is 0. The number of carbonyl (C=O) groups is 1. The highest BCUT2D eigenvalue weighted by atomic mass is 32.2. The first-order chi connectivity index (χ1) is 12.0. The Morgan fingerprint density at radius 3 is 2.80 bits per heavy atom. The molecule has 3 heterocycles. The number of morpholine rings is 1. The molecule has 0 bridgehead atoms. The standard InChI is InChI=1S/C16H25N3O4S2/c1-2-15-17-13(12-24-15)10-16(20)18-5-3-4-14(11-18)25(21,22)19-6-8-23-9-7-19/h12,14H,2-11H2,1H3/t14-/m0/s1. The first-order valence-corrected chi connectivity index (χ1v) is 11.2. The Morgan fingerprint density at radius 1 is 1.36 bits per heavy atom. The number of aromatic nitrogens is 1. The van der Waals surface area contributed by atoms with Crippen LogP contribution in [-0.2, 0) is 32.4 Å². The Labute approximate surface area is 153 Å². The van der Waals surface area contributed by atoms with Crippen molar-refractivity contribution >= 4 is 27.3 Å². The average Bonchev–Trinajstić information content (AvgIpc) is 3.10. The van der Waals surface area contributed by atoms with Gasteiger partial charge in [-0.1, -0.05) is 6.92 Å². The molecule has 0 aromatic carbocycles. The molecule has 25 heavy (non-hydrogen) atoms. The van der Waals surface area contributed by atoms with E-state index in [-0.39, 0.29) is 18.9 Å². The van der Waals surface area contributed by atoms with Crippen molar-refractivity contribution in [1.82, 2.24) is 14.2 Å². The summed E-state index contributed by atoms with van der Waals surface area (Å²) in [6.45, 7) is 4.64. The van der Waals surface area contributed by atoms with Gasteiger partial charge in [-0.3, -0.25) is 4.79 Å². The van der Waals surface area contributed by atoms with Crippen LogP contribution in [0.1, 0.15) is 30.5 Å². The number of rotatable bonds is 5. The number of carbonyl (C=O) groups excluding carboxylic acids is 1. The lowest BCUT2D eigenvalue weighted by molar-refractivity contribution is -0.131. The van der Waals surface area contributed by atoms with Crippen LogP contribution in [0.4, 0.5) is 0 Å². The summed E-state index contributed by atoms with van der Waals surface area (Å²) in [4.78, 5) is 18.7. The third-order valence-electron chi connectivity index (χ3n) is 4.72. The van der Waals surface area contributed by atoms with E-state index < -0.39 is 15.3 Å². The lowest BCUT2D eigenvalue weighted by atomic mass is 10.1. The molecule has 1 aromatic rings. The number of amides is 1. The highest BCUT2D eigenvalue weighted by molar-refractivity contribution is 7.89. The molecule has 2 aliphatic rings. The van der Waals surface area contributed by atoms with Gasteiger partial charge in [-0.05, 0) is 19.3 Å². The van der Waals surface area contributed by atoms with Crippen molar-refractivity contribution < 1.29 is 17.9 Å². The zero-order valence-corrected chi connectivity index (χ0v) is 16.1. The van der Waals surface area contributed by atoms with E-state index in [2.05, 4.69) is 4.98 Å². The van der Waals surface area contributed by atoms with Crippen molar-refractivity contribution in [3.8, 4) is 0 Å². The van der Waals surface area contributed by atoms with E-state index in [1.54, 1.807) is 16.2 Å². The molecule has 1 aromatic heterocycles. The first kappa shape index (κ1) is 18.8. The van der Waals surface area contributed by atoms with E-state index in [0.29, 0.717) is 39.3 Å². The van der Waals surface area contributed by atoms with Crippen molar-refractivity contribution in [1.29, 1.82) is 0 Å². The van der Waals surface area contributed by atoms with Gasteiger partial charge in [0.15, 0.2) is 0 Å². The Balaban J connectivity index is 1.62. The number of thiazole rings is 1. The van der Waals surface area contributed by atoms with Crippen LogP contribution in [0.2, 0.25) is 0 Å². The number of hydrogen-bond donors (Lipinski definition) is 0. The minimum Gasteiger partial charge on any atom is -0.379 e. The SMILES string of the molecule is CCc1nc(CC(=O)N2CCC[C@H](S(=O)(=O)N3CCOCC3)C2)cs1. The van der Waals surface area contributed by atoms with Gasteiger partial charge in [-0.15, -0.1) is 11.3 Å². The zero-order chi connectivity index (χ0) is 17.9. The summed E-state index contributed by atoms with van der Waals surface area (Å²) in [5.74, 6) is -0.0326. The number of nitrogens with zero attached hydrogens (tertiary/aromatic N) is 3. The van der Waals surface area contributed by atoms with E-state index in [1.165, 1.54) is 4.31 Å². The minimum absolute atomic E-state index is 0.0326. The van der Waals surface area contributed by atoms with Gasteiger partial charge < -0.3 is 9.64 Å². The maximum absolute atomic E-state index is 12.8. The minimum atomic E-state index is -3.38. The van der Waals surface area contributed by atoms with Crippen molar-refractivity contribution in [2.75, 3.05) is 39.4 Å². The molecule has 0 radical (unpaired) electrons. The summed E-state index contributed by atoms with van der Waals surface area (Å²) < 4.78 is 32.4. The molecule has 2 saturated heterocycles. The van der Waals surface area contributed by atoms with Gasteiger partial charge in [0, 0.05) is 31.6 Å². The lowest BCUT2D eigenvalue weighted by Gasteiger charge is -2.36. The fraction of sp³-hybridized carbons (Fsp3) is 0.750. The maximum atomic E-state index is 12.8. The molecular weight excluding hydrogens is 362 g/mol. The van der Waals surface area contributed by atoms with E-state index in [9.17, 15) is 13.2 Å². The van der Waals surface area contributed by atoms with Gasteiger partial charge in [0.1, 0.15) is 0 Å². The van der Waals surface area contributed by atoms with Crippen molar-refractivity contribution in [3.05, 3.63) is 16.1 Å². The van der Waals surface area contributed by atoms with E-state index in [1.807, 2.05) is 12.3 Å². The molecule has 2 fully saturated rings. The second-order valence-electron chi connectivity index (χ2n) is 6.42. The van der Waals surface area contributed by atoms with Crippen molar-refractivity contribution in [2.45, 2.75) is 37.9 Å². The molecular formula is C16H25N3O4S2. The predicted octanol–water partition coefficient (Wildman–Crippen LogP) is 0.901. The largest absolute Gasteiger partial charge is 0.379 e. The number of hydrogen-bond acceptors (Lipinski definition) is 6. The second kappa shape index (κ2) is 8.11. The summed E-state index contributed by atoms with van der Waals surface area (Å²) >= 11 is 1.57. The van der Waals surface area contributed by atoms with Gasteiger partial charge in [0.05, 0.1) is 35.6 Å². The molecule has 1 amide bonds. The zero-order valence-electron chi connectivity index (χ0n) is 14.5. The average molecular weight is 388 g/mol. The molecule has 0 spiro atoms. The van der Waals surface area contributed by atoms with Crippen molar-refractivity contribution in [2.24, 2.45) is 0 Å². The second-order valence-corrected chi connectivity index (χ2v) is 9.58. The van der Waals surface area contributed by atoms with Crippen LogP contribution in [0.15, 0.2) is 5.38 Å². The number of sulfonamides is 1. The third-order valence-corrected chi connectivity index (χ3v) is 8.07. The fourth-order valence-corrected chi connectivity index (χ4v) is 5.94. The first-order valence-electron chi connectivity index (χ1n) is 8.78. The van der Waals surface area contributed by atoms with E-state index >= 15 is 0 Å². The predicted molar refractivity (Wildman–Crippen MR) is 96.1 cm³/mol. The Kier molecular flexibility index (Phi) is 6.08. The molecule has 3 rings (SSSR count). The number of likely N-dealkylation sites (tertiary alicyclic amines) is 1. The van der Waals surface area contributed by atoms with Crippen LogP contribution in [-0.4, -0.2) is 73.2 Å². The molecule has 2 aliphatic heterocycles. The molecule has 9 heteroatoms. The monoisotopic (exact) mass is 387 g/mol. The highest BCUT2D eigenvalue weighted by Crippen LogP contribution is 2.22. The third kappa shape index (κ3) is 4.39. The Morgan fingerprint density at radius 2 is 2.12 bits per heavy atom. The van der Waals surface area contributed by atoms with Crippen LogP contribution in [0.25, 0.3) is 0 Å². The molecule has 140 valence electrons. The quantitative estimate of drug-likeness (QED) is 0.750. The lowest BCUT2D eigenvalue weighted by Crippen LogP contribution is -2.52. The van der Waals surface area contributed by atoms with Gasteiger partial charge >= 0.3 is 0 Å². The summed E-state index contributed by atoms with van der Waals surface area (Å²) in [5, 5.41) is 2.43. The molecule has 0 unspecified atom stereocenters. The maximum Gasteiger partial charge on any atom is 0.228 e. The number of ether oxygens (including phenoxy) is 1. The number of aryl methyl sites for hydroxylation is 1. The topological polar surface area (TPSA) is 79.8 Å². The van der Waals surface area contributed by atoms with Gasteiger partial charge in [0.25, 0.3) is 0 Å². The molecule has 0 saturated carbocycles. The van der Waals surface area contributed by atoms with Crippen LogP contribution in [0.5, 0.6) is 0 Å². The summed E-state index contributed by atoms with van der Waals surface area (Å²) in [6.07, 6.45) is 2.45.